The van der Waals surface area contributed by atoms with Gasteiger partial charge in [-0.2, -0.15) is 0 Å². The van der Waals surface area contributed by atoms with Gasteiger partial charge in [0, 0.05) is 30.1 Å². The van der Waals surface area contributed by atoms with Crippen molar-refractivity contribution in [2.45, 2.75) is 19.4 Å². The predicted molar refractivity (Wildman–Crippen MR) is 92.4 cm³/mol. The fraction of sp³-hybridized carbons (Fsp3) is 0.211. The Morgan fingerprint density at radius 1 is 1.17 bits per heavy atom. The van der Waals surface area contributed by atoms with Crippen molar-refractivity contribution in [3.8, 4) is 11.1 Å². The van der Waals surface area contributed by atoms with E-state index in [4.69, 9.17) is 10.8 Å². The first kappa shape index (κ1) is 15.3. The molecule has 0 amide bonds. The SMILES string of the molecule is Cc1c(CC(N)C(=O)O)c2ccc(-c3ccccc3)cc2n1C. The van der Waals surface area contributed by atoms with Gasteiger partial charge >= 0.3 is 5.97 Å². The zero-order chi connectivity index (χ0) is 16.6. The van der Waals surface area contributed by atoms with Crippen molar-refractivity contribution in [2.75, 3.05) is 0 Å². The van der Waals surface area contributed by atoms with Crippen LogP contribution in [0.2, 0.25) is 0 Å². The van der Waals surface area contributed by atoms with Gasteiger partial charge < -0.3 is 15.4 Å². The van der Waals surface area contributed by atoms with Gasteiger partial charge in [0.2, 0.25) is 0 Å². The Kier molecular flexibility index (Phi) is 3.92. The molecule has 1 heterocycles. The maximum absolute atomic E-state index is 11.1. The van der Waals surface area contributed by atoms with Gasteiger partial charge in [-0.15, -0.1) is 0 Å². The molecular weight excluding hydrogens is 288 g/mol. The van der Waals surface area contributed by atoms with Crippen molar-refractivity contribution in [2.24, 2.45) is 12.8 Å². The minimum absolute atomic E-state index is 0.336. The maximum Gasteiger partial charge on any atom is 0.320 e. The minimum Gasteiger partial charge on any atom is -0.480 e. The first-order valence-electron chi connectivity index (χ1n) is 7.60. The number of nitrogens with two attached hydrogens (primary N) is 1. The molecule has 1 atom stereocenters. The third kappa shape index (κ3) is 2.73. The average molecular weight is 308 g/mol. The average Bonchev–Trinajstić information content (AvgIpc) is 2.80. The van der Waals surface area contributed by atoms with Crippen molar-refractivity contribution in [3.05, 3.63) is 59.8 Å². The van der Waals surface area contributed by atoms with Crippen LogP contribution in [0.5, 0.6) is 0 Å². The van der Waals surface area contributed by atoms with Crippen LogP contribution in [-0.4, -0.2) is 21.7 Å². The highest BCUT2D eigenvalue weighted by molar-refractivity contribution is 5.90. The minimum atomic E-state index is -0.970. The molecule has 3 rings (SSSR count). The molecule has 23 heavy (non-hydrogen) atoms. The standard InChI is InChI=1S/C19H20N2O2/c1-12-16(11-17(20)19(22)23)15-9-8-14(10-18(15)21(12)2)13-6-4-3-5-7-13/h3-10,17H,11,20H2,1-2H3,(H,22,23). The maximum atomic E-state index is 11.1. The van der Waals surface area contributed by atoms with Crippen LogP contribution in [-0.2, 0) is 18.3 Å². The van der Waals surface area contributed by atoms with Crippen molar-refractivity contribution >= 4 is 16.9 Å². The number of hydrogen-bond acceptors (Lipinski definition) is 2. The molecule has 1 unspecified atom stereocenters. The fourth-order valence-corrected chi connectivity index (χ4v) is 3.02. The molecule has 0 fully saturated rings. The molecule has 0 aliphatic rings. The number of carboxylic acids is 1. The number of fused-ring (bicyclic) bond motifs is 1. The molecule has 0 aliphatic carbocycles. The Morgan fingerprint density at radius 3 is 2.52 bits per heavy atom. The van der Waals surface area contributed by atoms with Crippen LogP contribution >= 0.6 is 0 Å². The van der Waals surface area contributed by atoms with E-state index in [1.807, 2.05) is 32.2 Å². The Hall–Kier alpha value is -2.59. The number of nitrogens with zero attached hydrogens (tertiary/aromatic N) is 1. The molecule has 2 aromatic carbocycles. The zero-order valence-corrected chi connectivity index (χ0v) is 13.3. The number of hydrogen-bond donors (Lipinski definition) is 2. The van der Waals surface area contributed by atoms with Gasteiger partial charge in [-0.25, -0.2) is 0 Å². The summed E-state index contributed by atoms with van der Waals surface area (Å²) in [6.45, 7) is 2.01. The normalized spacial score (nSPS) is 12.5. The van der Waals surface area contributed by atoms with E-state index in [9.17, 15) is 4.79 Å². The van der Waals surface area contributed by atoms with Crippen LogP contribution < -0.4 is 5.73 Å². The summed E-state index contributed by atoms with van der Waals surface area (Å²) in [4.78, 5) is 11.1. The molecule has 4 heteroatoms. The lowest BCUT2D eigenvalue weighted by Gasteiger charge is -2.07. The van der Waals surface area contributed by atoms with E-state index in [-0.39, 0.29) is 0 Å². The van der Waals surface area contributed by atoms with Crippen LogP contribution in [0.1, 0.15) is 11.3 Å². The number of rotatable bonds is 4. The first-order valence-corrected chi connectivity index (χ1v) is 7.60. The number of aliphatic carboxylic acids is 1. The summed E-state index contributed by atoms with van der Waals surface area (Å²) < 4.78 is 2.10. The van der Waals surface area contributed by atoms with Gasteiger partial charge in [0.25, 0.3) is 0 Å². The second-order valence-corrected chi connectivity index (χ2v) is 5.87. The van der Waals surface area contributed by atoms with E-state index in [1.165, 1.54) is 0 Å². The number of benzene rings is 2. The van der Waals surface area contributed by atoms with Gasteiger partial charge in [-0.3, -0.25) is 4.79 Å². The summed E-state index contributed by atoms with van der Waals surface area (Å²) in [6, 6.07) is 15.6. The van der Waals surface area contributed by atoms with Crippen molar-refractivity contribution in [1.29, 1.82) is 0 Å². The number of carboxylic acid groups (broad SMARTS) is 1. The first-order chi connectivity index (χ1) is 11.0. The summed E-state index contributed by atoms with van der Waals surface area (Å²) >= 11 is 0. The third-order valence-electron chi connectivity index (χ3n) is 4.47. The van der Waals surface area contributed by atoms with Crippen LogP contribution in [0.4, 0.5) is 0 Å². The van der Waals surface area contributed by atoms with E-state index in [0.29, 0.717) is 6.42 Å². The van der Waals surface area contributed by atoms with Crippen LogP contribution in [0.15, 0.2) is 48.5 Å². The van der Waals surface area contributed by atoms with Gasteiger partial charge in [0.15, 0.2) is 0 Å². The topological polar surface area (TPSA) is 68.2 Å². The van der Waals surface area contributed by atoms with Gasteiger partial charge in [0.1, 0.15) is 6.04 Å². The van der Waals surface area contributed by atoms with Gasteiger partial charge in [0.05, 0.1) is 0 Å². The predicted octanol–water partition coefficient (Wildman–Crippen LogP) is 3.11. The second-order valence-electron chi connectivity index (χ2n) is 5.87. The highest BCUT2D eigenvalue weighted by atomic mass is 16.4. The molecule has 0 radical (unpaired) electrons. The third-order valence-corrected chi connectivity index (χ3v) is 4.47. The zero-order valence-electron chi connectivity index (χ0n) is 13.3. The lowest BCUT2D eigenvalue weighted by Crippen LogP contribution is -2.32. The Labute approximate surface area is 135 Å². The fourth-order valence-electron chi connectivity index (χ4n) is 3.02. The second kappa shape index (κ2) is 5.89. The van der Waals surface area contributed by atoms with E-state index in [2.05, 4.69) is 34.9 Å². The smallest absolute Gasteiger partial charge is 0.320 e. The summed E-state index contributed by atoms with van der Waals surface area (Å²) in [5.74, 6) is -0.970. The highest BCUT2D eigenvalue weighted by Gasteiger charge is 2.19. The van der Waals surface area contributed by atoms with E-state index < -0.39 is 12.0 Å². The molecule has 0 saturated carbocycles. The van der Waals surface area contributed by atoms with Crippen molar-refractivity contribution in [1.82, 2.24) is 4.57 Å². The summed E-state index contributed by atoms with van der Waals surface area (Å²) in [5, 5.41) is 10.1. The number of aromatic nitrogens is 1. The lowest BCUT2D eigenvalue weighted by atomic mass is 10.00. The molecule has 1 aromatic heterocycles. The molecule has 3 aromatic rings. The van der Waals surface area contributed by atoms with E-state index in [1.54, 1.807) is 0 Å². The Morgan fingerprint density at radius 2 is 1.87 bits per heavy atom. The Bertz CT molecular complexity index is 866. The monoisotopic (exact) mass is 308 g/mol. The van der Waals surface area contributed by atoms with Crippen LogP contribution in [0.25, 0.3) is 22.0 Å². The molecule has 0 aliphatic heterocycles. The van der Waals surface area contributed by atoms with Crippen LogP contribution in [0.3, 0.4) is 0 Å². The van der Waals surface area contributed by atoms with Gasteiger partial charge in [-0.05, 0) is 29.7 Å². The molecule has 0 bridgehead atoms. The van der Waals surface area contributed by atoms with E-state index in [0.717, 1.165) is 33.3 Å². The molecule has 4 nitrogen and oxygen atoms in total. The summed E-state index contributed by atoms with van der Waals surface area (Å²) in [5.41, 5.74) is 11.2. The van der Waals surface area contributed by atoms with Gasteiger partial charge in [-0.1, -0.05) is 42.5 Å². The van der Waals surface area contributed by atoms with Crippen molar-refractivity contribution in [3.63, 3.8) is 0 Å². The summed E-state index contributed by atoms with van der Waals surface area (Å²) in [6.07, 6.45) is 0.336. The molecule has 0 spiro atoms. The molecule has 0 saturated heterocycles. The molecule has 3 N–H and O–H groups in total. The lowest BCUT2D eigenvalue weighted by molar-refractivity contribution is -0.138. The summed E-state index contributed by atoms with van der Waals surface area (Å²) in [7, 11) is 2.00. The molecule has 118 valence electrons. The van der Waals surface area contributed by atoms with Crippen LogP contribution in [0, 0.1) is 6.92 Å². The number of aryl methyl sites for hydroxylation is 1. The number of carbonyl (C=O) groups is 1. The largest absolute Gasteiger partial charge is 0.480 e. The molecular formula is C19H20N2O2. The van der Waals surface area contributed by atoms with E-state index >= 15 is 0 Å². The quantitative estimate of drug-likeness (QED) is 0.778. The Balaban J connectivity index is 2.11. The van der Waals surface area contributed by atoms with Crippen molar-refractivity contribution < 1.29 is 9.90 Å². The highest BCUT2D eigenvalue weighted by Crippen LogP contribution is 2.30.